The van der Waals surface area contributed by atoms with Crippen LogP contribution in [0.5, 0.6) is 0 Å². The van der Waals surface area contributed by atoms with Crippen LogP contribution in [0.3, 0.4) is 0 Å². The van der Waals surface area contributed by atoms with Crippen molar-refractivity contribution in [2.24, 2.45) is 5.73 Å². The predicted molar refractivity (Wildman–Crippen MR) is 56.8 cm³/mol. The Morgan fingerprint density at radius 2 is 2.36 bits per heavy atom. The maximum atomic E-state index is 10.9. The van der Waals surface area contributed by atoms with E-state index in [-0.39, 0.29) is 5.97 Å². The number of nitrogens with zero attached hydrogens (tertiary/aromatic N) is 1. The van der Waals surface area contributed by atoms with Gasteiger partial charge in [-0.15, -0.1) is 0 Å². The molecule has 0 aliphatic rings. The molecule has 0 aromatic heterocycles. The van der Waals surface area contributed by atoms with Gasteiger partial charge in [0, 0.05) is 6.42 Å². The summed E-state index contributed by atoms with van der Waals surface area (Å²) in [5.74, 6) is 1.42. The largest absolute Gasteiger partial charge is 0.468 e. The molecule has 0 aliphatic carbocycles. The molecule has 80 valence electrons. The van der Waals surface area contributed by atoms with Crippen molar-refractivity contribution < 1.29 is 9.53 Å². The Balaban J connectivity index is 3.28. The highest BCUT2D eigenvalue weighted by atomic mass is 32.2. The molecule has 0 radical (unpaired) electrons. The predicted octanol–water partition coefficient (Wildman–Crippen LogP) is 0.914. The highest BCUT2D eigenvalue weighted by Gasteiger charge is 2.12. The number of nitriles is 1. The second kappa shape index (κ2) is 8.85. The Bertz CT molecular complexity index is 203. The van der Waals surface area contributed by atoms with Crippen LogP contribution in [0.2, 0.25) is 0 Å². The summed E-state index contributed by atoms with van der Waals surface area (Å²) in [4.78, 5) is 10.9. The molecule has 0 bridgehead atoms. The number of rotatable bonds is 7. The van der Waals surface area contributed by atoms with E-state index in [9.17, 15) is 4.79 Å². The van der Waals surface area contributed by atoms with Gasteiger partial charge in [0.2, 0.25) is 0 Å². The molecular formula is C9H16N2O2S. The van der Waals surface area contributed by atoms with Crippen LogP contribution in [0.15, 0.2) is 0 Å². The molecule has 0 fully saturated rings. The molecule has 4 nitrogen and oxygen atoms in total. The van der Waals surface area contributed by atoms with Gasteiger partial charge in [0.15, 0.2) is 0 Å². The Labute approximate surface area is 88.8 Å². The third kappa shape index (κ3) is 6.75. The van der Waals surface area contributed by atoms with Crippen LogP contribution >= 0.6 is 11.8 Å². The minimum absolute atomic E-state index is 0.359. The minimum Gasteiger partial charge on any atom is -0.468 e. The van der Waals surface area contributed by atoms with Crippen molar-refractivity contribution >= 4 is 17.7 Å². The van der Waals surface area contributed by atoms with E-state index in [1.54, 1.807) is 11.8 Å². The normalized spacial score (nSPS) is 11.8. The fourth-order valence-electron chi connectivity index (χ4n) is 0.835. The van der Waals surface area contributed by atoms with E-state index in [0.717, 1.165) is 17.9 Å². The van der Waals surface area contributed by atoms with Crippen molar-refractivity contribution in [2.75, 3.05) is 18.6 Å². The monoisotopic (exact) mass is 216 g/mol. The lowest BCUT2D eigenvalue weighted by Crippen LogP contribution is -2.32. The smallest absolute Gasteiger partial charge is 0.322 e. The lowest BCUT2D eigenvalue weighted by molar-refractivity contribution is -0.142. The molecule has 0 aromatic rings. The number of hydrogen-bond acceptors (Lipinski definition) is 5. The van der Waals surface area contributed by atoms with Gasteiger partial charge in [-0.2, -0.15) is 17.0 Å². The highest BCUT2D eigenvalue weighted by molar-refractivity contribution is 7.99. The molecule has 2 N–H and O–H groups in total. The number of carbonyl (C=O) groups excluding carboxylic acids is 1. The maximum absolute atomic E-state index is 10.9. The van der Waals surface area contributed by atoms with Gasteiger partial charge in [0.05, 0.1) is 13.2 Å². The molecule has 0 amide bonds. The SMILES string of the molecule is COC(=O)C(N)CCSCCCC#N. The van der Waals surface area contributed by atoms with E-state index in [0.29, 0.717) is 12.8 Å². The first kappa shape index (κ1) is 13.3. The molecule has 14 heavy (non-hydrogen) atoms. The highest BCUT2D eigenvalue weighted by Crippen LogP contribution is 2.07. The summed E-state index contributed by atoms with van der Waals surface area (Å²) in [5.41, 5.74) is 5.53. The van der Waals surface area contributed by atoms with Crippen molar-refractivity contribution in [3.05, 3.63) is 0 Å². The van der Waals surface area contributed by atoms with Crippen LogP contribution in [-0.4, -0.2) is 30.6 Å². The molecule has 0 spiro atoms. The first-order chi connectivity index (χ1) is 6.72. The van der Waals surface area contributed by atoms with Gasteiger partial charge in [-0.1, -0.05) is 0 Å². The van der Waals surface area contributed by atoms with Gasteiger partial charge in [0.1, 0.15) is 6.04 Å². The number of ether oxygens (including phenoxy) is 1. The second-order valence-corrected chi connectivity index (χ2v) is 4.02. The third-order valence-electron chi connectivity index (χ3n) is 1.65. The van der Waals surface area contributed by atoms with E-state index in [4.69, 9.17) is 11.0 Å². The van der Waals surface area contributed by atoms with Crippen LogP contribution < -0.4 is 5.73 Å². The number of carbonyl (C=O) groups is 1. The number of thioether (sulfide) groups is 1. The Hall–Kier alpha value is -0.730. The van der Waals surface area contributed by atoms with E-state index in [1.165, 1.54) is 7.11 Å². The van der Waals surface area contributed by atoms with Crippen molar-refractivity contribution in [1.29, 1.82) is 5.26 Å². The summed E-state index contributed by atoms with van der Waals surface area (Å²) in [5, 5.41) is 8.28. The minimum atomic E-state index is -0.511. The number of methoxy groups -OCH3 is 1. The first-order valence-corrected chi connectivity index (χ1v) is 5.66. The molecule has 5 heteroatoms. The Morgan fingerprint density at radius 1 is 1.64 bits per heavy atom. The number of unbranched alkanes of at least 4 members (excludes halogenated alkanes) is 1. The van der Waals surface area contributed by atoms with Gasteiger partial charge in [-0.05, 0) is 24.3 Å². The Kier molecular flexibility index (Phi) is 8.39. The molecule has 0 saturated heterocycles. The molecule has 1 atom stereocenters. The molecule has 0 aliphatic heterocycles. The summed E-state index contributed by atoms with van der Waals surface area (Å²) >= 11 is 1.71. The quantitative estimate of drug-likeness (QED) is 0.505. The third-order valence-corrected chi connectivity index (χ3v) is 2.76. The molecule has 1 unspecified atom stereocenters. The fourth-order valence-corrected chi connectivity index (χ4v) is 1.81. The van der Waals surface area contributed by atoms with Gasteiger partial charge < -0.3 is 10.5 Å². The summed E-state index contributed by atoms with van der Waals surface area (Å²) in [6.45, 7) is 0. The van der Waals surface area contributed by atoms with E-state index in [1.807, 2.05) is 0 Å². The summed E-state index contributed by atoms with van der Waals surface area (Å²) in [6.07, 6.45) is 2.12. The summed E-state index contributed by atoms with van der Waals surface area (Å²) < 4.78 is 4.49. The molecule has 0 aromatic carbocycles. The van der Waals surface area contributed by atoms with Crippen molar-refractivity contribution in [2.45, 2.75) is 25.3 Å². The maximum Gasteiger partial charge on any atom is 0.322 e. The lowest BCUT2D eigenvalue weighted by Gasteiger charge is -2.07. The zero-order valence-electron chi connectivity index (χ0n) is 8.36. The average Bonchev–Trinajstić information content (AvgIpc) is 2.21. The van der Waals surface area contributed by atoms with Crippen LogP contribution in [0, 0.1) is 11.3 Å². The van der Waals surface area contributed by atoms with Gasteiger partial charge in [-0.3, -0.25) is 4.79 Å². The molecule has 0 saturated carbocycles. The standard InChI is InChI=1S/C9H16N2O2S/c1-13-9(12)8(11)4-7-14-6-3-2-5-10/h8H,2-4,6-7,11H2,1H3. The van der Waals surface area contributed by atoms with Crippen LogP contribution in [-0.2, 0) is 9.53 Å². The average molecular weight is 216 g/mol. The van der Waals surface area contributed by atoms with Gasteiger partial charge in [-0.25, -0.2) is 0 Å². The Morgan fingerprint density at radius 3 is 2.93 bits per heavy atom. The number of hydrogen-bond donors (Lipinski definition) is 1. The van der Waals surface area contributed by atoms with Gasteiger partial charge >= 0.3 is 5.97 Å². The van der Waals surface area contributed by atoms with Crippen molar-refractivity contribution in [3.63, 3.8) is 0 Å². The van der Waals surface area contributed by atoms with E-state index >= 15 is 0 Å². The molecule has 0 rings (SSSR count). The van der Waals surface area contributed by atoms with Crippen molar-refractivity contribution in [3.8, 4) is 6.07 Å². The second-order valence-electron chi connectivity index (χ2n) is 2.79. The topological polar surface area (TPSA) is 76.1 Å². The lowest BCUT2D eigenvalue weighted by atomic mass is 10.2. The molecule has 0 heterocycles. The fraction of sp³-hybridized carbons (Fsp3) is 0.778. The van der Waals surface area contributed by atoms with Gasteiger partial charge in [0.25, 0.3) is 0 Å². The van der Waals surface area contributed by atoms with E-state index < -0.39 is 6.04 Å². The summed E-state index contributed by atoms with van der Waals surface area (Å²) in [7, 11) is 1.34. The van der Waals surface area contributed by atoms with Crippen LogP contribution in [0.25, 0.3) is 0 Å². The zero-order chi connectivity index (χ0) is 10.8. The van der Waals surface area contributed by atoms with Crippen molar-refractivity contribution in [1.82, 2.24) is 0 Å². The number of esters is 1. The first-order valence-electron chi connectivity index (χ1n) is 4.50. The zero-order valence-corrected chi connectivity index (χ0v) is 9.18. The van der Waals surface area contributed by atoms with Crippen LogP contribution in [0.4, 0.5) is 0 Å². The van der Waals surface area contributed by atoms with E-state index in [2.05, 4.69) is 10.8 Å². The molecular weight excluding hydrogens is 200 g/mol. The van der Waals surface area contributed by atoms with Crippen LogP contribution in [0.1, 0.15) is 19.3 Å². The number of nitrogens with two attached hydrogens (primary N) is 1. The summed E-state index contributed by atoms with van der Waals surface area (Å²) in [6, 6.07) is 1.57.